The second-order valence-corrected chi connectivity index (χ2v) is 18.9. The molecule has 2 N–H and O–H groups in total. The lowest BCUT2D eigenvalue weighted by Crippen LogP contribution is -2.28. The minimum Gasteiger partial charge on any atom is -0.399 e. The maximum absolute atomic E-state index is 11.9. The number of sulfone groups is 2. The Kier molecular flexibility index (Phi) is 16.6. The summed E-state index contributed by atoms with van der Waals surface area (Å²) in [4.78, 5) is 80.2. The molecule has 0 unspecified atom stereocenters. The zero-order valence-electron chi connectivity index (χ0n) is 32.2. The van der Waals surface area contributed by atoms with Gasteiger partial charge >= 0.3 is 0 Å². The molecule has 7 rings (SSSR count). The number of carbonyl (C=O) groups excluding carboxylic acids is 4. The van der Waals surface area contributed by atoms with Gasteiger partial charge in [0.05, 0.1) is 32.2 Å². The molecule has 0 saturated carbocycles. The molecule has 62 heavy (non-hydrogen) atoms. The number of nitrogen functional groups attached to an aromatic ring is 1. The van der Waals surface area contributed by atoms with Crippen molar-refractivity contribution in [2.45, 2.75) is 0 Å². The molecule has 3 saturated heterocycles. The van der Waals surface area contributed by atoms with Crippen LogP contribution in [-0.4, -0.2) is 124 Å². The summed E-state index contributed by atoms with van der Waals surface area (Å²) in [5.41, 5.74) is 6.75. The maximum Gasteiger partial charge on any atom is 0.270 e. The van der Waals surface area contributed by atoms with E-state index in [2.05, 4.69) is 0 Å². The molecule has 3 aliphatic heterocycles. The highest BCUT2D eigenvalue weighted by Crippen LogP contribution is 2.21. The summed E-state index contributed by atoms with van der Waals surface area (Å²) in [7, 11) is -6.29. The van der Waals surface area contributed by atoms with Crippen LogP contribution in [0.3, 0.4) is 0 Å². The third-order valence-electron chi connectivity index (χ3n) is 8.69. The SMILES string of the molecule is Nc1cccc(C(=O)N2CCS(=O)(=O)C2)c1.O=C(Cl)c1cccc([N+](=O)[O-])c1.O=C(c1cccc([N+](=O)[O-])c1)N1CCS(=O)(=O)C1.O=C(c1cccc([N+](=O)[O-])c1)N1CCSC1. The van der Waals surface area contributed by atoms with E-state index >= 15 is 0 Å². The van der Waals surface area contributed by atoms with E-state index in [1.165, 1.54) is 64.4 Å². The average molecular weight is 934 g/mol. The number of non-ortho nitro benzene ring substituents is 3. The van der Waals surface area contributed by atoms with E-state index in [-0.39, 0.29) is 76.4 Å². The lowest BCUT2D eigenvalue weighted by Gasteiger charge is -2.13. The van der Waals surface area contributed by atoms with Crippen LogP contribution in [0.2, 0.25) is 0 Å². The molecule has 0 atom stereocenters. The maximum atomic E-state index is 11.9. The van der Waals surface area contributed by atoms with Crippen LogP contribution in [0.25, 0.3) is 0 Å². The number of carbonyl (C=O) groups is 4. The predicted octanol–water partition coefficient (Wildman–Crippen LogP) is 4.23. The Morgan fingerprint density at radius 2 is 0.935 bits per heavy atom. The van der Waals surface area contributed by atoms with Gasteiger partial charge in [0.15, 0.2) is 19.7 Å². The number of nitro groups is 3. The summed E-state index contributed by atoms with van der Waals surface area (Å²) >= 11 is 6.81. The van der Waals surface area contributed by atoms with Gasteiger partial charge in [0, 0.05) is 89.7 Å². The summed E-state index contributed by atoms with van der Waals surface area (Å²) in [5, 5.41) is 30.7. The van der Waals surface area contributed by atoms with Crippen molar-refractivity contribution in [3.63, 3.8) is 0 Å². The Bertz CT molecular complexity index is 2580. The van der Waals surface area contributed by atoms with Gasteiger partial charge in [-0.05, 0) is 48.0 Å². The van der Waals surface area contributed by atoms with E-state index < -0.39 is 45.6 Å². The molecule has 0 bridgehead atoms. The van der Waals surface area contributed by atoms with Crippen LogP contribution in [-0.2, 0) is 19.7 Å². The second kappa shape index (κ2) is 21.3. The van der Waals surface area contributed by atoms with Crippen LogP contribution >= 0.6 is 23.4 Å². The Morgan fingerprint density at radius 1 is 0.565 bits per heavy atom. The molecule has 0 radical (unpaired) electrons. The molecule has 4 aromatic carbocycles. The van der Waals surface area contributed by atoms with Crippen molar-refractivity contribution in [1.29, 1.82) is 0 Å². The number of nitrogens with zero attached hydrogens (tertiary/aromatic N) is 6. The molecule has 3 heterocycles. The lowest BCUT2D eigenvalue weighted by molar-refractivity contribution is -0.385. The molecular formula is C37H36ClN7O14S3. The Labute approximate surface area is 362 Å². The summed E-state index contributed by atoms with van der Waals surface area (Å²) in [5.74, 6) is 0.147. The van der Waals surface area contributed by atoms with E-state index in [0.717, 1.165) is 17.9 Å². The van der Waals surface area contributed by atoms with Crippen molar-refractivity contribution in [2.75, 3.05) is 60.3 Å². The number of benzene rings is 4. The van der Waals surface area contributed by atoms with Gasteiger partial charge in [-0.1, -0.05) is 24.3 Å². The molecule has 0 aliphatic carbocycles. The predicted molar refractivity (Wildman–Crippen MR) is 228 cm³/mol. The van der Waals surface area contributed by atoms with Crippen molar-refractivity contribution in [3.05, 3.63) is 150 Å². The number of nitrogens with two attached hydrogens (primary N) is 1. The Balaban J connectivity index is 0.000000183. The molecular weight excluding hydrogens is 898 g/mol. The Morgan fingerprint density at radius 3 is 1.27 bits per heavy atom. The minimum atomic E-state index is -3.20. The second-order valence-electron chi connectivity index (χ2n) is 13.2. The van der Waals surface area contributed by atoms with E-state index in [0.29, 0.717) is 29.2 Å². The molecule has 4 aromatic rings. The lowest BCUT2D eigenvalue weighted by atomic mass is 10.2. The van der Waals surface area contributed by atoms with Gasteiger partial charge in [0.2, 0.25) is 0 Å². The van der Waals surface area contributed by atoms with Crippen molar-refractivity contribution in [3.8, 4) is 0 Å². The standard InChI is InChI=1S/C10H10N2O5S.C10H12N2O3S.C10H10N2O3S.C7H4ClNO3/c13-10(11-4-5-18(16,17)7-11)8-2-1-3-9(6-8)12(14)15;11-9-3-1-2-8(6-9)10(13)12-4-5-16(14,15)7-12;13-10(11-4-5-16-7-11)8-2-1-3-9(6-8)12(14)15;8-7(10)5-2-1-3-6(4-5)9(11)12/h1-3,6H,4-5,7H2;1-3,6H,4-5,7,11H2;1-3,6H,4-5,7H2;1-4H. The van der Waals surface area contributed by atoms with Crippen LogP contribution < -0.4 is 5.73 Å². The van der Waals surface area contributed by atoms with Crippen LogP contribution in [0.4, 0.5) is 22.7 Å². The molecule has 3 aliphatic rings. The van der Waals surface area contributed by atoms with Crippen LogP contribution in [0.15, 0.2) is 97.1 Å². The van der Waals surface area contributed by atoms with Crippen molar-refractivity contribution < 1.29 is 50.8 Å². The number of rotatable bonds is 7. The number of amides is 3. The van der Waals surface area contributed by atoms with Gasteiger partial charge in [-0.3, -0.25) is 49.5 Å². The van der Waals surface area contributed by atoms with Crippen LogP contribution in [0.1, 0.15) is 41.4 Å². The van der Waals surface area contributed by atoms with Gasteiger partial charge in [0.25, 0.3) is 40.0 Å². The molecule has 0 aromatic heterocycles. The number of thioether (sulfide) groups is 1. The summed E-state index contributed by atoms with van der Waals surface area (Å²) in [6, 6.07) is 22.9. The monoisotopic (exact) mass is 933 g/mol. The average Bonchev–Trinajstić information content (AvgIpc) is 4.01. The van der Waals surface area contributed by atoms with E-state index in [9.17, 15) is 66.4 Å². The van der Waals surface area contributed by atoms with E-state index in [4.69, 9.17) is 17.3 Å². The molecule has 21 nitrogen and oxygen atoms in total. The Hall–Kier alpha value is -6.50. The molecule has 25 heteroatoms. The van der Waals surface area contributed by atoms with Gasteiger partial charge in [0.1, 0.15) is 11.8 Å². The number of anilines is 1. The topological polar surface area (TPSA) is 302 Å². The fraction of sp³-hybridized carbons (Fsp3) is 0.243. The highest BCUT2D eigenvalue weighted by atomic mass is 35.5. The van der Waals surface area contributed by atoms with Gasteiger partial charge in [-0.15, -0.1) is 11.8 Å². The number of halogens is 1. The first-order chi connectivity index (χ1) is 29.2. The zero-order valence-corrected chi connectivity index (χ0v) is 35.4. The quantitative estimate of drug-likeness (QED) is 0.117. The van der Waals surface area contributed by atoms with Crippen molar-refractivity contribution in [2.24, 2.45) is 0 Å². The van der Waals surface area contributed by atoms with Crippen molar-refractivity contribution >= 4 is 88.8 Å². The third kappa shape index (κ3) is 14.0. The first-order valence-electron chi connectivity index (χ1n) is 17.8. The van der Waals surface area contributed by atoms with Crippen molar-refractivity contribution in [1.82, 2.24) is 14.7 Å². The highest BCUT2D eigenvalue weighted by Gasteiger charge is 2.31. The molecule has 328 valence electrons. The highest BCUT2D eigenvalue weighted by molar-refractivity contribution is 7.99. The normalized spacial score (nSPS) is 15.7. The number of hydrogen-bond donors (Lipinski definition) is 1. The third-order valence-corrected chi connectivity index (χ3v) is 12.9. The minimum absolute atomic E-state index is 0.0427. The molecule has 0 spiro atoms. The first kappa shape index (κ1) is 48.2. The van der Waals surface area contributed by atoms with Crippen LogP contribution in [0, 0.1) is 30.3 Å². The summed E-state index contributed by atoms with van der Waals surface area (Å²) < 4.78 is 44.9. The van der Waals surface area contributed by atoms with Gasteiger partial charge in [-0.2, -0.15) is 0 Å². The first-order valence-corrected chi connectivity index (χ1v) is 23.0. The smallest absolute Gasteiger partial charge is 0.270 e. The zero-order chi connectivity index (χ0) is 45.8. The largest absolute Gasteiger partial charge is 0.399 e. The number of nitro benzene ring substituents is 3. The van der Waals surface area contributed by atoms with E-state index in [1.54, 1.807) is 47.0 Å². The molecule has 3 fully saturated rings. The van der Waals surface area contributed by atoms with Gasteiger partial charge < -0.3 is 20.4 Å². The summed E-state index contributed by atoms with van der Waals surface area (Å²) in [6.45, 7) is 1.10. The fourth-order valence-corrected chi connectivity index (χ4v) is 9.35. The fourth-order valence-electron chi connectivity index (χ4n) is 5.59. The number of hydrogen-bond acceptors (Lipinski definition) is 16. The van der Waals surface area contributed by atoms with Crippen LogP contribution in [0.5, 0.6) is 0 Å². The summed E-state index contributed by atoms with van der Waals surface area (Å²) in [6.07, 6.45) is 0. The van der Waals surface area contributed by atoms with Gasteiger partial charge in [-0.25, -0.2) is 16.8 Å². The molecule has 3 amide bonds. The van der Waals surface area contributed by atoms with E-state index in [1.807, 2.05) is 0 Å².